The predicted octanol–water partition coefficient (Wildman–Crippen LogP) is -3.89. The van der Waals surface area contributed by atoms with Gasteiger partial charge in [-0.3, -0.25) is 38.4 Å². The lowest BCUT2D eigenvalue weighted by Gasteiger charge is -2.26. The minimum absolute atomic E-state index is 0.101. The second-order valence-electron chi connectivity index (χ2n) is 14.0. The van der Waals surface area contributed by atoms with E-state index in [1.165, 1.54) is 6.92 Å². The quantitative estimate of drug-likeness (QED) is 0.0360. The SMILES string of the molecule is CC(C)[C@H](NC(=O)[C@H](CCCCN)NC(=O)[C@H](C)NC(=O)[C@H](Cc1ccccc1)NC(=O)[C@H](CC(N)=O)NC(=O)CNC(=O)[C@H](CCCCN)NC(=O)CN)C(=O)O. The number of rotatable bonds is 28. The van der Waals surface area contributed by atoms with Crippen LogP contribution in [-0.2, 0) is 49.6 Å². The second-order valence-corrected chi connectivity index (χ2v) is 14.0. The summed E-state index contributed by atoms with van der Waals surface area (Å²) in [5.41, 5.74) is 22.4. The summed E-state index contributed by atoms with van der Waals surface area (Å²) in [6.07, 6.45) is 1.57. The normalized spacial score (nSPS) is 14.0. The molecule has 1 rings (SSSR count). The standard InChI is InChI=1S/C37H61N11O10/c1-21(2)31(37(57)58)48-34(54)25(14-8-10-16-39)46-32(52)22(3)43-35(55)26(17-23-11-5-4-6-12-23)47-36(56)27(18-28(41)49)45-30(51)20-42-33(53)24(13-7-9-15-38)44-29(50)19-40/h4-6,11-12,21-22,24-27,31H,7-10,13-20,38-40H2,1-3H3,(H2,41,49)(H,42,53)(H,43,55)(H,44,50)(H,45,51)(H,46,52)(H,47,56)(H,48,54)(H,57,58)/t22-,24-,25-,26-,27-,31-/m0/s1. The maximum absolute atomic E-state index is 13.7. The molecule has 0 unspecified atom stereocenters. The van der Waals surface area contributed by atoms with Crippen LogP contribution in [0.2, 0.25) is 0 Å². The molecule has 6 atom stereocenters. The fourth-order valence-corrected chi connectivity index (χ4v) is 5.50. The number of carbonyl (C=O) groups is 9. The number of unbranched alkanes of at least 4 members (excludes halogenated alkanes) is 2. The zero-order valence-corrected chi connectivity index (χ0v) is 33.3. The molecule has 8 amide bonds. The average molecular weight is 820 g/mol. The predicted molar refractivity (Wildman–Crippen MR) is 212 cm³/mol. The van der Waals surface area contributed by atoms with Crippen LogP contribution < -0.4 is 60.2 Å². The number of carbonyl (C=O) groups excluding carboxylic acids is 8. The fourth-order valence-electron chi connectivity index (χ4n) is 5.50. The number of carboxylic acids is 1. The van der Waals surface area contributed by atoms with Crippen molar-refractivity contribution in [3.05, 3.63) is 35.9 Å². The molecule has 0 saturated heterocycles. The van der Waals surface area contributed by atoms with Crippen LogP contribution in [0.15, 0.2) is 30.3 Å². The summed E-state index contributed by atoms with van der Waals surface area (Å²) in [6.45, 7) is 4.22. The first-order valence-corrected chi connectivity index (χ1v) is 19.2. The number of primary amides is 1. The largest absolute Gasteiger partial charge is 0.480 e. The maximum Gasteiger partial charge on any atom is 0.326 e. The number of aliphatic carboxylic acids is 1. The molecule has 0 aromatic heterocycles. The van der Waals surface area contributed by atoms with Gasteiger partial charge in [0.25, 0.3) is 0 Å². The molecule has 0 saturated carbocycles. The highest BCUT2D eigenvalue weighted by Crippen LogP contribution is 2.08. The van der Waals surface area contributed by atoms with Crippen molar-refractivity contribution in [2.24, 2.45) is 28.9 Å². The number of hydrogen-bond acceptors (Lipinski definition) is 12. The number of amides is 8. The molecular formula is C37H61N11O10. The van der Waals surface area contributed by atoms with E-state index in [0.717, 1.165) is 0 Å². The Bertz CT molecular complexity index is 1550. The summed E-state index contributed by atoms with van der Waals surface area (Å²) in [7, 11) is 0. The van der Waals surface area contributed by atoms with Crippen molar-refractivity contribution in [1.82, 2.24) is 37.2 Å². The van der Waals surface area contributed by atoms with E-state index in [9.17, 15) is 48.3 Å². The van der Waals surface area contributed by atoms with E-state index in [4.69, 9.17) is 22.9 Å². The van der Waals surface area contributed by atoms with Gasteiger partial charge in [-0.25, -0.2) is 4.79 Å². The van der Waals surface area contributed by atoms with Gasteiger partial charge in [-0.1, -0.05) is 44.2 Å². The first-order valence-electron chi connectivity index (χ1n) is 19.2. The summed E-state index contributed by atoms with van der Waals surface area (Å²) < 4.78 is 0. The van der Waals surface area contributed by atoms with Gasteiger partial charge in [-0.05, 0) is 70.0 Å². The third kappa shape index (κ3) is 19.5. The summed E-state index contributed by atoms with van der Waals surface area (Å²) in [5.74, 6) is -8.23. The zero-order valence-electron chi connectivity index (χ0n) is 33.3. The Balaban J connectivity index is 3.17. The first-order chi connectivity index (χ1) is 27.4. The van der Waals surface area contributed by atoms with Gasteiger partial charge in [0.2, 0.25) is 47.3 Å². The van der Waals surface area contributed by atoms with Crippen LogP contribution in [0.3, 0.4) is 0 Å². The smallest absolute Gasteiger partial charge is 0.326 e. The maximum atomic E-state index is 13.7. The van der Waals surface area contributed by atoms with Crippen LogP contribution in [0.25, 0.3) is 0 Å². The monoisotopic (exact) mass is 819 g/mol. The van der Waals surface area contributed by atoms with E-state index < -0.39 is 108 Å². The highest BCUT2D eigenvalue weighted by molar-refractivity contribution is 5.98. The lowest BCUT2D eigenvalue weighted by molar-refractivity contribution is -0.143. The van der Waals surface area contributed by atoms with Crippen LogP contribution in [-0.4, -0.2) is 121 Å². The topological polar surface area (TPSA) is 362 Å². The van der Waals surface area contributed by atoms with Gasteiger partial charge in [-0.2, -0.15) is 0 Å². The van der Waals surface area contributed by atoms with E-state index in [-0.39, 0.29) is 25.8 Å². The number of benzene rings is 1. The van der Waals surface area contributed by atoms with Crippen molar-refractivity contribution < 1.29 is 48.3 Å². The third-order valence-electron chi connectivity index (χ3n) is 8.74. The molecule has 21 heteroatoms. The van der Waals surface area contributed by atoms with Crippen LogP contribution >= 0.6 is 0 Å². The number of nitrogens with two attached hydrogens (primary N) is 4. The van der Waals surface area contributed by atoms with Crippen LogP contribution in [0, 0.1) is 5.92 Å². The molecule has 0 bridgehead atoms. The van der Waals surface area contributed by atoms with E-state index in [2.05, 4.69) is 37.2 Å². The van der Waals surface area contributed by atoms with Crippen molar-refractivity contribution in [2.45, 2.75) is 108 Å². The number of nitrogens with one attached hydrogen (secondary N) is 7. The Labute approximate surface area is 337 Å². The third-order valence-corrected chi connectivity index (χ3v) is 8.74. The van der Waals surface area contributed by atoms with Crippen molar-refractivity contribution in [1.29, 1.82) is 0 Å². The van der Waals surface area contributed by atoms with Crippen molar-refractivity contribution >= 4 is 53.2 Å². The minimum Gasteiger partial charge on any atom is -0.480 e. The van der Waals surface area contributed by atoms with E-state index in [0.29, 0.717) is 44.3 Å². The molecule has 1 aromatic carbocycles. The van der Waals surface area contributed by atoms with Gasteiger partial charge in [0.1, 0.15) is 36.3 Å². The van der Waals surface area contributed by atoms with Crippen molar-refractivity contribution in [3.63, 3.8) is 0 Å². The molecular weight excluding hydrogens is 758 g/mol. The Morgan fingerprint density at radius 1 is 0.603 bits per heavy atom. The summed E-state index contributed by atoms with van der Waals surface area (Å²) >= 11 is 0. The van der Waals surface area contributed by atoms with Crippen LogP contribution in [0.1, 0.15) is 71.3 Å². The number of hydrogen-bond donors (Lipinski definition) is 12. The Kier molecular flexibility index (Phi) is 23.5. The lowest BCUT2D eigenvalue weighted by Crippen LogP contribution is -2.59. The average Bonchev–Trinajstić information content (AvgIpc) is 3.17. The molecule has 0 spiro atoms. The van der Waals surface area contributed by atoms with Crippen molar-refractivity contribution in [2.75, 3.05) is 26.2 Å². The van der Waals surface area contributed by atoms with Gasteiger partial charge >= 0.3 is 5.97 Å². The molecule has 1 aromatic rings. The van der Waals surface area contributed by atoms with Gasteiger partial charge in [-0.15, -0.1) is 0 Å². The molecule has 0 fully saturated rings. The molecule has 0 heterocycles. The van der Waals surface area contributed by atoms with E-state index in [1.807, 2.05) is 0 Å². The molecule has 0 aliphatic rings. The highest BCUT2D eigenvalue weighted by Gasteiger charge is 2.32. The van der Waals surface area contributed by atoms with Crippen molar-refractivity contribution in [3.8, 4) is 0 Å². The molecule has 16 N–H and O–H groups in total. The molecule has 21 nitrogen and oxygen atoms in total. The van der Waals surface area contributed by atoms with E-state index >= 15 is 0 Å². The molecule has 0 aliphatic heterocycles. The van der Waals surface area contributed by atoms with Gasteiger partial charge in [0.05, 0.1) is 19.5 Å². The molecule has 0 radical (unpaired) electrons. The first kappa shape index (κ1) is 50.3. The molecule has 0 aliphatic carbocycles. The van der Waals surface area contributed by atoms with Crippen LogP contribution in [0.5, 0.6) is 0 Å². The summed E-state index contributed by atoms with van der Waals surface area (Å²) in [6, 6.07) is 0.843. The summed E-state index contributed by atoms with van der Waals surface area (Å²) in [5, 5.41) is 26.7. The zero-order chi connectivity index (χ0) is 43.8. The Morgan fingerprint density at radius 3 is 1.64 bits per heavy atom. The van der Waals surface area contributed by atoms with Gasteiger partial charge < -0.3 is 65.3 Å². The fraction of sp³-hybridized carbons (Fsp3) is 0.595. The summed E-state index contributed by atoms with van der Waals surface area (Å²) in [4.78, 5) is 115. The highest BCUT2D eigenvalue weighted by atomic mass is 16.4. The number of carboxylic acid groups (broad SMARTS) is 1. The van der Waals surface area contributed by atoms with E-state index in [1.54, 1.807) is 44.2 Å². The van der Waals surface area contributed by atoms with Crippen LogP contribution in [0.4, 0.5) is 0 Å². The van der Waals surface area contributed by atoms with Gasteiger partial charge in [0, 0.05) is 6.42 Å². The lowest BCUT2D eigenvalue weighted by atomic mass is 10.0. The second kappa shape index (κ2) is 27.1. The minimum atomic E-state index is -1.60. The molecule has 324 valence electrons. The Morgan fingerprint density at radius 2 is 1.12 bits per heavy atom. The Hall–Kier alpha value is -5.67. The molecule has 58 heavy (non-hydrogen) atoms. The van der Waals surface area contributed by atoms with Gasteiger partial charge in [0.15, 0.2) is 0 Å².